The van der Waals surface area contributed by atoms with E-state index in [0.717, 1.165) is 22.3 Å². The maximum atomic E-state index is 12.2. The lowest BCUT2D eigenvalue weighted by molar-refractivity contribution is 0.0696. The molecule has 0 spiro atoms. The van der Waals surface area contributed by atoms with Crippen molar-refractivity contribution < 1.29 is 9.90 Å². The molecule has 8 nitrogen and oxygen atoms in total. The lowest BCUT2D eigenvalue weighted by atomic mass is 10.0. The molecular weight excluding hydrogens is 358 g/mol. The van der Waals surface area contributed by atoms with Crippen LogP contribution in [0.4, 0.5) is 0 Å². The average molecular weight is 375 g/mol. The number of hydrogen-bond donors (Lipinski definition) is 1. The molecule has 140 valence electrons. The Balaban J connectivity index is 1.87. The summed E-state index contributed by atoms with van der Waals surface area (Å²) in [6, 6.07) is 8.23. The van der Waals surface area contributed by atoms with Gasteiger partial charge < -0.3 is 9.67 Å². The molecule has 0 fully saturated rings. The van der Waals surface area contributed by atoms with Crippen LogP contribution in [0.15, 0.2) is 66.1 Å². The first-order valence-corrected chi connectivity index (χ1v) is 8.51. The molecule has 0 unspecified atom stereocenters. The maximum Gasteiger partial charge on any atom is 0.337 e. The maximum absolute atomic E-state index is 12.2. The van der Waals surface area contributed by atoms with Crippen LogP contribution in [0, 0.1) is 0 Å². The molecule has 0 bridgehead atoms. The molecule has 1 N–H and O–H groups in total. The van der Waals surface area contributed by atoms with Crippen molar-refractivity contribution in [1.29, 1.82) is 0 Å². The number of rotatable bonds is 4. The third-order valence-corrected chi connectivity index (χ3v) is 4.52. The number of benzene rings is 1. The van der Waals surface area contributed by atoms with Gasteiger partial charge in [-0.2, -0.15) is 10.2 Å². The van der Waals surface area contributed by atoms with Gasteiger partial charge in [-0.25, -0.2) is 9.48 Å². The van der Waals surface area contributed by atoms with E-state index in [4.69, 9.17) is 0 Å². The molecule has 0 atom stereocenters. The van der Waals surface area contributed by atoms with E-state index in [1.165, 1.54) is 15.3 Å². The molecule has 0 amide bonds. The van der Waals surface area contributed by atoms with Crippen molar-refractivity contribution in [3.8, 4) is 27.9 Å². The van der Waals surface area contributed by atoms with Gasteiger partial charge in [0.25, 0.3) is 5.56 Å². The van der Waals surface area contributed by atoms with E-state index in [2.05, 4.69) is 10.2 Å². The van der Waals surface area contributed by atoms with Crippen LogP contribution in [0.5, 0.6) is 0 Å². The summed E-state index contributed by atoms with van der Waals surface area (Å²) in [5.41, 5.74) is 3.60. The average Bonchev–Trinajstić information content (AvgIpc) is 3.33. The van der Waals surface area contributed by atoms with Crippen LogP contribution >= 0.6 is 0 Å². The van der Waals surface area contributed by atoms with E-state index < -0.39 is 5.97 Å². The molecule has 3 heterocycles. The second kappa shape index (κ2) is 6.66. The van der Waals surface area contributed by atoms with Gasteiger partial charge in [-0.15, -0.1) is 0 Å². The van der Waals surface area contributed by atoms with Crippen molar-refractivity contribution in [2.45, 2.75) is 0 Å². The lowest BCUT2D eigenvalue weighted by Crippen LogP contribution is -2.15. The number of carbonyl (C=O) groups is 1. The van der Waals surface area contributed by atoms with Crippen molar-refractivity contribution in [2.24, 2.45) is 14.1 Å². The number of para-hydroxylation sites is 1. The quantitative estimate of drug-likeness (QED) is 0.591. The minimum Gasteiger partial charge on any atom is -0.478 e. The van der Waals surface area contributed by atoms with Crippen molar-refractivity contribution in [3.63, 3.8) is 0 Å². The van der Waals surface area contributed by atoms with E-state index in [1.807, 2.05) is 13.2 Å². The highest BCUT2D eigenvalue weighted by molar-refractivity contribution is 5.92. The zero-order valence-corrected chi connectivity index (χ0v) is 15.3. The molecular formula is C20H17N5O3. The molecule has 0 radical (unpaired) electrons. The fourth-order valence-electron chi connectivity index (χ4n) is 3.11. The van der Waals surface area contributed by atoms with Gasteiger partial charge in [0, 0.05) is 55.4 Å². The fraction of sp³-hybridized carbons (Fsp3) is 0.100. The normalized spacial score (nSPS) is 10.9. The van der Waals surface area contributed by atoms with Gasteiger partial charge in [-0.1, -0.05) is 12.1 Å². The van der Waals surface area contributed by atoms with Gasteiger partial charge >= 0.3 is 5.97 Å². The Morgan fingerprint density at radius 2 is 1.68 bits per heavy atom. The number of pyridine rings is 1. The molecule has 28 heavy (non-hydrogen) atoms. The number of hydrogen-bond acceptors (Lipinski definition) is 4. The van der Waals surface area contributed by atoms with E-state index in [9.17, 15) is 14.7 Å². The number of aromatic nitrogens is 5. The Hall–Kier alpha value is -3.94. The number of carboxylic acids is 1. The van der Waals surface area contributed by atoms with Crippen molar-refractivity contribution >= 4 is 5.97 Å². The van der Waals surface area contributed by atoms with Crippen LogP contribution in [0.2, 0.25) is 0 Å². The zero-order chi connectivity index (χ0) is 19.8. The van der Waals surface area contributed by atoms with Crippen LogP contribution in [0.25, 0.3) is 27.9 Å². The topological polar surface area (TPSA) is 94.9 Å². The summed E-state index contributed by atoms with van der Waals surface area (Å²) < 4.78 is 4.69. The monoisotopic (exact) mass is 375 g/mol. The number of nitrogens with zero attached hydrogens (tertiary/aromatic N) is 5. The van der Waals surface area contributed by atoms with Gasteiger partial charge in [0.05, 0.1) is 23.6 Å². The van der Waals surface area contributed by atoms with E-state index in [-0.39, 0.29) is 11.1 Å². The Kier molecular flexibility index (Phi) is 4.15. The molecule has 8 heteroatoms. The van der Waals surface area contributed by atoms with Gasteiger partial charge in [0.15, 0.2) is 0 Å². The Morgan fingerprint density at radius 3 is 2.39 bits per heavy atom. The van der Waals surface area contributed by atoms with Crippen molar-refractivity contribution in [2.75, 3.05) is 0 Å². The highest BCUT2D eigenvalue weighted by Crippen LogP contribution is 2.31. The Labute approximate surface area is 159 Å². The predicted octanol–water partition coefficient (Wildman–Crippen LogP) is 2.34. The molecule has 0 aliphatic rings. The first-order valence-electron chi connectivity index (χ1n) is 8.51. The van der Waals surface area contributed by atoms with Crippen LogP contribution in [-0.2, 0) is 14.1 Å². The van der Waals surface area contributed by atoms with Gasteiger partial charge in [0.1, 0.15) is 0 Å². The largest absolute Gasteiger partial charge is 0.478 e. The summed E-state index contributed by atoms with van der Waals surface area (Å²) >= 11 is 0. The summed E-state index contributed by atoms with van der Waals surface area (Å²) in [6.45, 7) is 0. The van der Waals surface area contributed by atoms with E-state index in [0.29, 0.717) is 5.69 Å². The number of carboxylic acid groups (broad SMARTS) is 1. The van der Waals surface area contributed by atoms with Crippen molar-refractivity contribution in [1.82, 2.24) is 24.1 Å². The minimum atomic E-state index is -1.02. The molecule has 4 aromatic rings. The van der Waals surface area contributed by atoms with Crippen molar-refractivity contribution in [3.05, 3.63) is 77.2 Å². The smallest absolute Gasteiger partial charge is 0.337 e. The highest BCUT2D eigenvalue weighted by Gasteiger charge is 2.16. The minimum absolute atomic E-state index is 0.133. The zero-order valence-electron chi connectivity index (χ0n) is 15.3. The van der Waals surface area contributed by atoms with Crippen LogP contribution < -0.4 is 5.56 Å². The lowest BCUT2D eigenvalue weighted by Gasteiger charge is -2.09. The second-order valence-electron chi connectivity index (χ2n) is 6.45. The third-order valence-electron chi connectivity index (χ3n) is 4.52. The molecule has 0 aliphatic carbocycles. The summed E-state index contributed by atoms with van der Waals surface area (Å²) in [4.78, 5) is 23.7. The number of aromatic carboxylic acids is 1. The second-order valence-corrected chi connectivity index (χ2v) is 6.45. The van der Waals surface area contributed by atoms with E-state index >= 15 is 0 Å². The SMILES string of the molecule is Cn1cc(-c2cc(=O)n(C)cc2-c2cnn(-c3ccccc3C(=O)O)c2)cn1. The van der Waals surface area contributed by atoms with Gasteiger partial charge in [-0.05, 0) is 17.7 Å². The summed E-state index contributed by atoms with van der Waals surface area (Å²) in [7, 11) is 3.49. The summed E-state index contributed by atoms with van der Waals surface area (Å²) in [5.74, 6) is -1.02. The fourth-order valence-corrected chi connectivity index (χ4v) is 3.11. The first-order chi connectivity index (χ1) is 13.4. The van der Waals surface area contributed by atoms with Gasteiger partial charge in [-0.3, -0.25) is 9.48 Å². The highest BCUT2D eigenvalue weighted by atomic mass is 16.4. The van der Waals surface area contributed by atoms with Crippen LogP contribution in [-0.4, -0.2) is 35.2 Å². The predicted molar refractivity (Wildman–Crippen MR) is 103 cm³/mol. The Bertz CT molecular complexity index is 1250. The standard InChI is InChI=1S/C20H17N5O3/c1-23-12-17(16(7-19(23)26)13-8-21-24(2)10-13)14-9-22-25(11-14)18-6-4-3-5-15(18)20(27)28/h3-12H,1-2H3,(H,27,28). The Morgan fingerprint density at radius 1 is 0.964 bits per heavy atom. The first kappa shape index (κ1) is 17.5. The summed E-state index contributed by atoms with van der Waals surface area (Å²) in [5, 5.41) is 18.0. The number of aryl methyl sites for hydroxylation is 2. The van der Waals surface area contributed by atoms with Gasteiger partial charge in [0.2, 0.25) is 0 Å². The molecule has 0 aliphatic heterocycles. The molecule has 0 saturated heterocycles. The molecule has 1 aromatic carbocycles. The summed E-state index contributed by atoms with van der Waals surface area (Å²) in [6.07, 6.45) is 8.68. The third kappa shape index (κ3) is 3.01. The molecule has 4 rings (SSSR count). The van der Waals surface area contributed by atoms with E-state index in [1.54, 1.807) is 60.8 Å². The van der Waals surface area contributed by atoms with Crippen LogP contribution in [0.1, 0.15) is 10.4 Å². The molecule has 0 saturated carbocycles. The molecule has 3 aromatic heterocycles. The van der Waals surface area contributed by atoms with Crippen LogP contribution in [0.3, 0.4) is 0 Å².